The van der Waals surface area contributed by atoms with Gasteiger partial charge in [-0.3, -0.25) is 4.79 Å². The molecule has 0 radical (unpaired) electrons. The molecule has 9 heteroatoms. The molecule has 112 valence electrons. The summed E-state index contributed by atoms with van der Waals surface area (Å²) in [5.41, 5.74) is 0.401. The first-order valence-corrected chi connectivity index (χ1v) is 7.56. The summed E-state index contributed by atoms with van der Waals surface area (Å²) in [7, 11) is -3.82. The summed E-state index contributed by atoms with van der Waals surface area (Å²) in [5, 5.41) is 8.86. The Bertz CT molecular complexity index is 740. The number of amides is 1. The van der Waals surface area contributed by atoms with Crippen LogP contribution in [0.25, 0.3) is 0 Å². The molecule has 1 aromatic carbocycles. The van der Waals surface area contributed by atoms with Gasteiger partial charge in [0.15, 0.2) is 0 Å². The number of carbonyl (C=O) groups is 1. The predicted molar refractivity (Wildman–Crippen MR) is 69.1 cm³/mol. The van der Waals surface area contributed by atoms with Crippen LogP contribution in [0.2, 0.25) is 0 Å². The number of carbonyl (C=O) groups excluding carboxylic acids is 1. The van der Waals surface area contributed by atoms with E-state index in [1.165, 1.54) is 31.2 Å². The van der Waals surface area contributed by atoms with E-state index in [0.717, 1.165) is 0 Å². The van der Waals surface area contributed by atoms with Gasteiger partial charge in [-0.2, -0.15) is 0 Å². The van der Waals surface area contributed by atoms with Crippen LogP contribution in [0, 0.1) is 5.82 Å². The Hall–Kier alpha value is -2.29. The molecule has 0 fully saturated rings. The second-order valence-electron chi connectivity index (χ2n) is 4.26. The van der Waals surface area contributed by atoms with Crippen LogP contribution in [0.1, 0.15) is 18.4 Å². The number of halogens is 1. The molecule has 0 aliphatic heterocycles. The van der Waals surface area contributed by atoms with Gasteiger partial charge in [0.1, 0.15) is 5.82 Å². The molecule has 21 heavy (non-hydrogen) atoms. The van der Waals surface area contributed by atoms with E-state index in [1.807, 2.05) is 0 Å². The first-order valence-electron chi connectivity index (χ1n) is 5.91. The van der Waals surface area contributed by atoms with Crippen LogP contribution in [0.5, 0.6) is 0 Å². The van der Waals surface area contributed by atoms with Crippen molar-refractivity contribution in [3.05, 3.63) is 41.5 Å². The normalized spacial score (nSPS) is 11.3. The van der Waals surface area contributed by atoms with E-state index in [2.05, 4.69) is 15.5 Å². The van der Waals surface area contributed by atoms with E-state index < -0.39 is 20.9 Å². The number of nitrogens with one attached hydrogen (secondary N) is 1. The summed E-state index contributed by atoms with van der Waals surface area (Å²) in [4.78, 5) is 10.7. The van der Waals surface area contributed by atoms with Gasteiger partial charge < -0.3 is 9.73 Å². The maximum atomic E-state index is 12.8. The molecular weight excluding hydrogens is 301 g/mol. The van der Waals surface area contributed by atoms with Gasteiger partial charge >= 0.3 is 5.22 Å². The molecule has 0 atom stereocenters. The Kier molecular flexibility index (Phi) is 4.32. The number of hydrogen-bond acceptors (Lipinski definition) is 6. The second-order valence-corrected chi connectivity index (χ2v) is 6.12. The van der Waals surface area contributed by atoms with Gasteiger partial charge in [-0.1, -0.05) is 17.2 Å². The fraction of sp³-hybridized carbons (Fsp3) is 0.250. The van der Waals surface area contributed by atoms with E-state index in [4.69, 9.17) is 4.42 Å². The van der Waals surface area contributed by atoms with Gasteiger partial charge in [-0.15, -0.1) is 5.10 Å². The highest BCUT2D eigenvalue weighted by atomic mass is 32.2. The lowest BCUT2D eigenvalue weighted by atomic mass is 10.2. The smallest absolute Gasteiger partial charge is 0.335 e. The number of aromatic nitrogens is 2. The fourth-order valence-electron chi connectivity index (χ4n) is 1.50. The Balaban J connectivity index is 2.12. The fourth-order valence-corrected chi connectivity index (χ4v) is 2.64. The molecule has 1 amide bonds. The molecule has 1 aromatic heterocycles. The summed E-state index contributed by atoms with van der Waals surface area (Å²) in [5.74, 6) is -1.15. The van der Waals surface area contributed by atoms with E-state index in [-0.39, 0.29) is 24.1 Å². The van der Waals surface area contributed by atoms with Gasteiger partial charge in [0.05, 0.1) is 12.3 Å². The largest absolute Gasteiger partial charge is 0.411 e. The van der Waals surface area contributed by atoms with Crippen LogP contribution in [-0.2, 0) is 26.9 Å². The summed E-state index contributed by atoms with van der Waals surface area (Å²) in [6.45, 7) is 1.26. The average Bonchev–Trinajstić information content (AvgIpc) is 2.88. The van der Waals surface area contributed by atoms with Crippen LogP contribution < -0.4 is 5.32 Å². The molecule has 0 saturated carbocycles. The van der Waals surface area contributed by atoms with Gasteiger partial charge in [0.2, 0.25) is 21.6 Å². The molecule has 2 aromatic rings. The third kappa shape index (κ3) is 4.09. The van der Waals surface area contributed by atoms with Crippen molar-refractivity contribution in [1.82, 2.24) is 15.5 Å². The van der Waals surface area contributed by atoms with Crippen LogP contribution in [0.4, 0.5) is 4.39 Å². The first-order chi connectivity index (χ1) is 9.87. The quantitative estimate of drug-likeness (QED) is 0.876. The number of benzene rings is 1. The molecule has 0 aliphatic rings. The Morgan fingerprint density at radius 3 is 2.57 bits per heavy atom. The molecule has 0 bridgehead atoms. The van der Waals surface area contributed by atoms with Crippen LogP contribution in [0.3, 0.4) is 0 Å². The minimum atomic E-state index is -3.82. The average molecular weight is 313 g/mol. The lowest BCUT2D eigenvalue weighted by molar-refractivity contribution is -0.119. The van der Waals surface area contributed by atoms with E-state index in [1.54, 1.807) is 0 Å². The summed E-state index contributed by atoms with van der Waals surface area (Å²) in [6.07, 6.45) is 0. The summed E-state index contributed by atoms with van der Waals surface area (Å²) >= 11 is 0. The first kappa shape index (κ1) is 15.1. The van der Waals surface area contributed by atoms with Gasteiger partial charge in [-0.05, 0) is 17.7 Å². The summed E-state index contributed by atoms with van der Waals surface area (Å²) in [6, 6.07) is 5.06. The van der Waals surface area contributed by atoms with Crippen molar-refractivity contribution in [2.75, 3.05) is 0 Å². The Labute approximate surface area is 120 Å². The minimum absolute atomic E-state index is 0.0112. The Morgan fingerprint density at radius 2 is 1.95 bits per heavy atom. The Morgan fingerprint density at radius 1 is 1.29 bits per heavy atom. The monoisotopic (exact) mass is 313 g/mol. The molecule has 0 aliphatic carbocycles. The third-order valence-electron chi connectivity index (χ3n) is 2.47. The summed E-state index contributed by atoms with van der Waals surface area (Å²) < 4.78 is 41.9. The molecule has 0 spiro atoms. The molecule has 0 saturated heterocycles. The van der Waals surface area contributed by atoms with E-state index in [9.17, 15) is 17.6 Å². The van der Waals surface area contributed by atoms with Crippen molar-refractivity contribution in [3.8, 4) is 0 Å². The third-order valence-corrected chi connectivity index (χ3v) is 3.88. The zero-order valence-electron chi connectivity index (χ0n) is 11.0. The SMILES string of the molecule is CC(=O)NCc1nnc(S(=O)(=O)Cc2ccc(F)cc2)o1. The minimum Gasteiger partial charge on any atom is -0.411 e. The van der Waals surface area contributed by atoms with E-state index >= 15 is 0 Å². The maximum Gasteiger partial charge on any atom is 0.335 e. The van der Waals surface area contributed by atoms with Crippen molar-refractivity contribution in [1.29, 1.82) is 0 Å². The molecule has 0 unspecified atom stereocenters. The van der Waals surface area contributed by atoms with E-state index in [0.29, 0.717) is 5.56 Å². The number of nitrogens with zero attached hydrogens (tertiary/aromatic N) is 2. The van der Waals surface area contributed by atoms with Crippen molar-refractivity contribution in [2.45, 2.75) is 24.4 Å². The zero-order valence-corrected chi connectivity index (χ0v) is 11.9. The lowest BCUT2D eigenvalue weighted by Gasteiger charge is -2.00. The predicted octanol–water partition coefficient (Wildman–Crippen LogP) is 0.819. The molecular formula is C12H12FN3O4S. The standard InChI is InChI=1S/C12H12FN3O4S/c1-8(17)14-6-11-15-16-12(20-11)21(18,19)7-9-2-4-10(13)5-3-9/h2-5H,6-7H2,1H3,(H,14,17). The lowest BCUT2D eigenvalue weighted by Crippen LogP contribution is -2.19. The maximum absolute atomic E-state index is 12.8. The highest BCUT2D eigenvalue weighted by Crippen LogP contribution is 2.15. The van der Waals surface area contributed by atoms with Crippen molar-refractivity contribution >= 4 is 15.7 Å². The van der Waals surface area contributed by atoms with Crippen LogP contribution in [-0.4, -0.2) is 24.5 Å². The molecule has 2 rings (SSSR count). The van der Waals surface area contributed by atoms with Crippen molar-refractivity contribution in [3.63, 3.8) is 0 Å². The topological polar surface area (TPSA) is 102 Å². The van der Waals surface area contributed by atoms with Crippen LogP contribution >= 0.6 is 0 Å². The molecule has 1 N–H and O–H groups in total. The van der Waals surface area contributed by atoms with Gasteiger partial charge in [0.25, 0.3) is 0 Å². The zero-order chi connectivity index (χ0) is 15.5. The van der Waals surface area contributed by atoms with Crippen LogP contribution in [0.15, 0.2) is 33.9 Å². The van der Waals surface area contributed by atoms with Crippen molar-refractivity contribution in [2.24, 2.45) is 0 Å². The molecule has 7 nitrogen and oxygen atoms in total. The number of sulfone groups is 1. The van der Waals surface area contributed by atoms with Gasteiger partial charge in [0, 0.05) is 6.92 Å². The highest BCUT2D eigenvalue weighted by Gasteiger charge is 2.23. The second kappa shape index (κ2) is 6.00. The highest BCUT2D eigenvalue weighted by molar-refractivity contribution is 7.90. The number of rotatable bonds is 5. The number of hydrogen-bond donors (Lipinski definition) is 1. The van der Waals surface area contributed by atoms with Crippen molar-refractivity contribution < 1.29 is 22.0 Å². The molecule has 1 heterocycles. The van der Waals surface area contributed by atoms with Gasteiger partial charge in [-0.25, -0.2) is 12.8 Å².